The van der Waals surface area contributed by atoms with Crippen LogP contribution < -0.4 is 10.1 Å². The molecule has 0 atom stereocenters. The molecule has 0 unspecified atom stereocenters. The van der Waals surface area contributed by atoms with Gasteiger partial charge >= 0.3 is 0 Å². The van der Waals surface area contributed by atoms with E-state index in [4.69, 9.17) is 4.74 Å². The number of benzene rings is 1. The molecule has 0 bridgehead atoms. The third-order valence-electron chi connectivity index (χ3n) is 4.29. The van der Waals surface area contributed by atoms with Gasteiger partial charge in [0.25, 0.3) is 0 Å². The van der Waals surface area contributed by atoms with Crippen molar-refractivity contribution < 1.29 is 14.3 Å². The molecule has 1 aliphatic heterocycles. The normalized spacial score (nSPS) is 15.3. The number of piperidine rings is 1. The monoisotopic (exact) mass is 318 g/mol. The lowest BCUT2D eigenvalue weighted by Crippen LogP contribution is -2.46. The van der Waals surface area contributed by atoms with Gasteiger partial charge in [-0.2, -0.15) is 0 Å². The van der Waals surface area contributed by atoms with Crippen LogP contribution in [-0.2, 0) is 16.0 Å². The second kappa shape index (κ2) is 8.56. The van der Waals surface area contributed by atoms with E-state index >= 15 is 0 Å². The average Bonchev–Trinajstić information content (AvgIpc) is 2.60. The van der Waals surface area contributed by atoms with Crippen molar-refractivity contribution in [2.24, 2.45) is 0 Å². The standard InChI is InChI=1S/C18H26N2O3/c1-3-18(22)20-11-9-15(10-12-20)19-17(21)8-7-14-5-4-6-16(13-14)23-2/h4-6,13,15H,3,7-12H2,1-2H3,(H,19,21). The van der Waals surface area contributed by atoms with Crippen LogP contribution in [0.3, 0.4) is 0 Å². The molecule has 5 nitrogen and oxygen atoms in total. The van der Waals surface area contributed by atoms with Gasteiger partial charge in [0.05, 0.1) is 7.11 Å². The van der Waals surface area contributed by atoms with E-state index in [1.165, 1.54) is 0 Å². The van der Waals surface area contributed by atoms with Gasteiger partial charge < -0.3 is 15.0 Å². The number of methoxy groups -OCH3 is 1. The summed E-state index contributed by atoms with van der Waals surface area (Å²) in [5.74, 6) is 1.09. The first-order chi connectivity index (χ1) is 11.1. The molecule has 1 N–H and O–H groups in total. The van der Waals surface area contributed by atoms with Crippen molar-refractivity contribution in [3.05, 3.63) is 29.8 Å². The number of likely N-dealkylation sites (tertiary alicyclic amines) is 1. The highest BCUT2D eigenvalue weighted by atomic mass is 16.5. The number of nitrogens with zero attached hydrogens (tertiary/aromatic N) is 1. The second-order valence-corrected chi connectivity index (χ2v) is 5.93. The average molecular weight is 318 g/mol. The molecule has 0 radical (unpaired) electrons. The van der Waals surface area contributed by atoms with E-state index in [-0.39, 0.29) is 17.9 Å². The summed E-state index contributed by atoms with van der Waals surface area (Å²) >= 11 is 0. The third-order valence-corrected chi connectivity index (χ3v) is 4.29. The van der Waals surface area contributed by atoms with Crippen molar-refractivity contribution in [1.29, 1.82) is 0 Å². The van der Waals surface area contributed by atoms with Crippen molar-refractivity contribution in [1.82, 2.24) is 10.2 Å². The summed E-state index contributed by atoms with van der Waals surface area (Å²) in [5, 5.41) is 3.09. The minimum atomic E-state index is 0.0769. The molecule has 1 aromatic carbocycles. The lowest BCUT2D eigenvalue weighted by atomic mass is 10.0. The predicted octanol–water partition coefficient (Wildman–Crippen LogP) is 2.14. The summed E-state index contributed by atoms with van der Waals surface area (Å²) in [6.45, 7) is 3.37. The van der Waals surface area contributed by atoms with Crippen molar-refractivity contribution >= 4 is 11.8 Å². The van der Waals surface area contributed by atoms with Crippen LogP contribution in [0.5, 0.6) is 5.75 Å². The highest BCUT2D eigenvalue weighted by Gasteiger charge is 2.22. The fraction of sp³-hybridized carbons (Fsp3) is 0.556. The Balaban J connectivity index is 1.72. The smallest absolute Gasteiger partial charge is 0.222 e. The molecule has 0 aromatic heterocycles. The number of hydrogen-bond donors (Lipinski definition) is 1. The van der Waals surface area contributed by atoms with E-state index < -0.39 is 0 Å². The molecule has 1 heterocycles. The summed E-state index contributed by atoms with van der Waals surface area (Å²) in [6.07, 6.45) is 3.42. The topological polar surface area (TPSA) is 58.6 Å². The second-order valence-electron chi connectivity index (χ2n) is 5.93. The van der Waals surface area contributed by atoms with Crippen LogP contribution in [-0.4, -0.2) is 43.0 Å². The molecule has 2 amide bonds. The Morgan fingerprint density at radius 3 is 2.70 bits per heavy atom. The van der Waals surface area contributed by atoms with Gasteiger partial charge in [0.2, 0.25) is 11.8 Å². The van der Waals surface area contributed by atoms with Gasteiger partial charge in [0.1, 0.15) is 5.75 Å². The fourth-order valence-corrected chi connectivity index (χ4v) is 2.88. The van der Waals surface area contributed by atoms with Crippen molar-refractivity contribution in [3.8, 4) is 5.75 Å². The molecular weight excluding hydrogens is 292 g/mol. The molecule has 23 heavy (non-hydrogen) atoms. The zero-order valence-electron chi connectivity index (χ0n) is 14.0. The van der Waals surface area contributed by atoms with Gasteiger partial charge in [-0.05, 0) is 37.0 Å². The molecule has 126 valence electrons. The zero-order valence-corrected chi connectivity index (χ0v) is 14.0. The minimum Gasteiger partial charge on any atom is -0.497 e. The predicted molar refractivity (Wildman–Crippen MR) is 89.4 cm³/mol. The van der Waals surface area contributed by atoms with E-state index in [0.29, 0.717) is 19.3 Å². The first-order valence-electron chi connectivity index (χ1n) is 8.32. The molecule has 1 saturated heterocycles. The van der Waals surface area contributed by atoms with Crippen LogP contribution in [0.25, 0.3) is 0 Å². The summed E-state index contributed by atoms with van der Waals surface area (Å²) in [4.78, 5) is 25.6. The number of amides is 2. The summed E-state index contributed by atoms with van der Waals surface area (Å²) in [5.41, 5.74) is 1.10. The van der Waals surface area contributed by atoms with Gasteiger partial charge in [0.15, 0.2) is 0 Å². The highest BCUT2D eigenvalue weighted by Crippen LogP contribution is 2.15. The van der Waals surface area contributed by atoms with Gasteiger partial charge in [-0.25, -0.2) is 0 Å². The number of carbonyl (C=O) groups is 2. The maximum absolute atomic E-state index is 12.1. The van der Waals surface area contributed by atoms with Crippen LogP contribution in [0.15, 0.2) is 24.3 Å². The van der Waals surface area contributed by atoms with Crippen LogP contribution >= 0.6 is 0 Å². The Morgan fingerprint density at radius 1 is 1.30 bits per heavy atom. The number of hydrogen-bond acceptors (Lipinski definition) is 3. The zero-order chi connectivity index (χ0) is 16.7. The quantitative estimate of drug-likeness (QED) is 0.874. The maximum atomic E-state index is 12.1. The molecular formula is C18H26N2O3. The Hall–Kier alpha value is -2.04. The first kappa shape index (κ1) is 17.3. The summed E-state index contributed by atoms with van der Waals surface area (Å²) in [7, 11) is 1.64. The van der Waals surface area contributed by atoms with Crippen LogP contribution in [0.2, 0.25) is 0 Å². The van der Waals surface area contributed by atoms with Gasteiger partial charge in [0, 0.05) is 32.0 Å². The van der Waals surface area contributed by atoms with Crippen molar-refractivity contribution in [2.75, 3.05) is 20.2 Å². The van der Waals surface area contributed by atoms with Crippen molar-refractivity contribution in [3.63, 3.8) is 0 Å². The number of ether oxygens (including phenoxy) is 1. The number of rotatable bonds is 6. The largest absolute Gasteiger partial charge is 0.497 e. The van der Waals surface area contributed by atoms with E-state index in [1.807, 2.05) is 36.1 Å². The van der Waals surface area contributed by atoms with E-state index in [2.05, 4.69) is 5.32 Å². The van der Waals surface area contributed by atoms with Crippen LogP contribution in [0.4, 0.5) is 0 Å². The summed E-state index contributed by atoms with van der Waals surface area (Å²) < 4.78 is 5.19. The molecule has 1 aromatic rings. The number of carbonyl (C=O) groups excluding carboxylic acids is 2. The Kier molecular flexibility index (Phi) is 6.44. The highest BCUT2D eigenvalue weighted by molar-refractivity contribution is 5.77. The lowest BCUT2D eigenvalue weighted by Gasteiger charge is -2.32. The maximum Gasteiger partial charge on any atom is 0.222 e. The Morgan fingerprint density at radius 2 is 2.04 bits per heavy atom. The number of aryl methyl sites for hydroxylation is 1. The van der Waals surface area contributed by atoms with Gasteiger partial charge in [-0.3, -0.25) is 9.59 Å². The molecule has 1 fully saturated rings. The molecule has 5 heteroatoms. The molecule has 1 aliphatic rings. The van der Waals surface area contributed by atoms with E-state index in [9.17, 15) is 9.59 Å². The Labute approximate surface area is 138 Å². The SMILES string of the molecule is CCC(=O)N1CCC(NC(=O)CCc2cccc(OC)c2)CC1. The van der Waals surface area contributed by atoms with E-state index in [0.717, 1.165) is 37.2 Å². The van der Waals surface area contributed by atoms with Crippen molar-refractivity contribution in [2.45, 2.75) is 45.1 Å². The molecule has 0 aliphatic carbocycles. The minimum absolute atomic E-state index is 0.0769. The Bertz CT molecular complexity index is 537. The van der Waals surface area contributed by atoms with Crippen LogP contribution in [0, 0.1) is 0 Å². The molecule has 0 spiro atoms. The third kappa shape index (κ3) is 5.27. The van der Waals surface area contributed by atoms with Crippen LogP contribution in [0.1, 0.15) is 38.2 Å². The fourth-order valence-electron chi connectivity index (χ4n) is 2.88. The van der Waals surface area contributed by atoms with Gasteiger partial charge in [-0.15, -0.1) is 0 Å². The van der Waals surface area contributed by atoms with Gasteiger partial charge in [-0.1, -0.05) is 19.1 Å². The lowest BCUT2D eigenvalue weighted by molar-refractivity contribution is -0.132. The molecule has 0 saturated carbocycles. The van der Waals surface area contributed by atoms with E-state index in [1.54, 1.807) is 7.11 Å². The summed E-state index contributed by atoms with van der Waals surface area (Å²) in [6, 6.07) is 7.99. The number of nitrogens with one attached hydrogen (secondary N) is 1. The first-order valence-corrected chi connectivity index (χ1v) is 8.32. The molecule has 2 rings (SSSR count).